The third-order valence-electron chi connectivity index (χ3n) is 4.68. The third kappa shape index (κ3) is 2.98. The Balaban J connectivity index is 1.87. The number of rotatable bonds is 1. The van der Waals surface area contributed by atoms with Gasteiger partial charge in [-0.15, -0.1) is 0 Å². The van der Waals surface area contributed by atoms with E-state index in [1.54, 1.807) is 18.0 Å². The minimum absolute atomic E-state index is 0.0168. The van der Waals surface area contributed by atoms with Crippen molar-refractivity contribution in [1.29, 1.82) is 0 Å². The van der Waals surface area contributed by atoms with Crippen LogP contribution in [0.1, 0.15) is 49.8 Å². The van der Waals surface area contributed by atoms with Gasteiger partial charge in [0.15, 0.2) is 0 Å². The van der Waals surface area contributed by atoms with Crippen LogP contribution >= 0.6 is 0 Å². The van der Waals surface area contributed by atoms with Gasteiger partial charge >= 0.3 is 0 Å². The molecule has 22 heavy (non-hydrogen) atoms. The molecule has 0 N–H and O–H groups in total. The van der Waals surface area contributed by atoms with Crippen LogP contribution in [0.4, 0.5) is 0 Å². The Morgan fingerprint density at radius 1 is 1.14 bits per heavy atom. The first-order valence-electron chi connectivity index (χ1n) is 8.15. The van der Waals surface area contributed by atoms with Crippen LogP contribution in [0.5, 0.6) is 0 Å². The second-order valence-corrected chi connectivity index (χ2v) is 6.24. The maximum atomic E-state index is 13.0. The lowest BCUT2D eigenvalue weighted by molar-refractivity contribution is -0.136. The molecule has 1 fully saturated rings. The number of carbonyl (C=O) groups excluding carboxylic acids is 2. The van der Waals surface area contributed by atoms with Gasteiger partial charge in [-0.25, -0.2) is 0 Å². The van der Waals surface area contributed by atoms with Crippen LogP contribution in [0, 0.1) is 0 Å². The minimum Gasteiger partial charge on any atom is -0.342 e. The highest BCUT2D eigenvalue weighted by Crippen LogP contribution is 2.29. The van der Waals surface area contributed by atoms with Crippen molar-refractivity contribution < 1.29 is 9.59 Å². The zero-order valence-electron chi connectivity index (χ0n) is 13.1. The van der Waals surface area contributed by atoms with Crippen molar-refractivity contribution in [2.24, 2.45) is 0 Å². The Hall–Kier alpha value is -1.91. The van der Waals surface area contributed by atoms with Crippen molar-refractivity contribution in [1.82, 2.24) is 14.8 Å². The first-order valence-corrected chi connectivity index (χ1v) is 8.15. The first-order chi connectivity index (χ1) is 10.7. The molecule has 1 aromatic heterocycles. The predicted molar refractivity (Wildman–Crippen MR) is 83.1 cm³/mol. The van der Waals surface area contributed by atoms with E-state index in [9.17, 15) is 9.59 Å². The highest BCUT2D eigenvalue weighted by atomic mass is 16.2. The van der Waals surface area contributed by atoms with E-state index < -0.39 is 0 Å². The Morgan fingerprint density at radius 3 is 2.55 bits per heavy atom. The molecule has 5 heteroatoms. The molecule has 2 amide bonds. The second-order valence-electron chi connectivity index (χ2n) is 6.24. The number of hydrogen-bond acceptors (Lipinski definition) is 3. The summed E-state index contributed by atoms with van der Waals surface area (Å²) in [5.41, 5.74) is 1.85. The maximum Gasteiger partial charge on any atom is 0.233 e. The molecule has 1 saturated heterocycles. The Morgan fingerprint density at radius 2 is 1.86 bits per heavy atom. The van der Waals surface area contributed by atoms with Crippen molar-refractivity contribution in [3.63, 3.8) is 0 Å². The van der Waals surface area contributed by atoms with Crippen LogP contribution in [0.3, 0.4) is 0 Å². The van der Waals surface area contributed by atoms with Gasteiger partial charge in [0, 0.05) is 39.3 Å². The molecule has 2 aliphatic heterocycles. The molecule has 3 rings (SSSR count). The van der Waals surface area contributed by atoms with Gasteiger partial charge in [-0.3, -0.25) is 14.6 Å². The molecule has 0 bridgehead atoms. The fourth-order valence-electron chi connectivity index (χ4n) is 3.42. The van der Waals surface area contributed by atoms with Gasteiger partial charge < -0.3 is 9.80 Å². The number of amides is 2. The molecule has 0 radical (unpaired) electrons. The zero-order chi connectivity index (χ0) is 15.5. The summed E-state index contributed by atoms with van der Waals surface area (Å²) >= 11 is 0. The predicted octanol–water partition coefficient (Wildman–Crippen LogP) is 1.93. The summed E-state index contributed by atoms with van der Waals surface area (Å²) < 4.78 is 0. The lowest BCUT2D eigenvalue weighted by Gasteiger charge is -2.35. The van der Waals surface area contributed by atoms with E-state index >= 15 is 0 Å². The molecule has 1 unspecified atom stereocenters. The Kier molecular flexibility index (Phi) is 4.41. The lowest BCUT2D eigenvalue weighted by atomic mass is 9.93. The molecular weight excluding hydrogens is 278 g/mol. The van der Waals surface area contributed by atoms with Crippen LogP contribution in [0.25, 0.3) is 0 Å². The lowest BCUT2D eigenvalue weighted by Crippen LogP contribution is -2.45. The SMILES string of the molecule is CC(=O)N1Cc2cccnc2C(C(=O)N2CCCCCC2)C1. The normalized spacial score (nSPS) is 22.0. The number of pyridine rings is 1. The van der Waals surface area contributed by atoms with Gasteiger partial charge in [0.25, 0.3) is 0 Å². The van der Waals surface area contributed by atoms with E-state index in [-0.39, 0.29) is 17.7 Å². The summed E-state index contributed by atoms with van der Waals surface area (Å²) in [5.74, 6) is -0.164. The van der Waals surface area contributed by atoms with Crippen LogP contribution in [-0.2, 0) is 16.1 Å². The molecular formula is C17H23N3O2. The van der Waals surface area contributed by atoms with E-state index in [1.807, 2.05) is 17.0 Å². The molecule has 0 aliphatic carbocycles. The van der Waals surface area contributed by atoms with Gasteiger partial charge in [-0.1, -0.05) is 18.9 Å². The van der Waals surface area contributed by atoms with Crippen molar-refractivity contribution in [3.05, 3.63) is 29.6 Å². The average molecular weight is 301 g/mol. The largest absolute Gasteiger partial charge is 0.342 e. The summed E-state index contributed by atoms with van der Waals surface area (Å²) in [6.45, 7) is 4.24. The molecule has 118 valence electrons. The van der Waals surface area contributed by atoms with Crippen LogP contribution < -0.4 is 0 Å². The Labute approximate surface area is 131 Å². The van der Waals surface area contributed by atoms with Gasteiger partial charge in [-0.05, 0) is 24.5 Å². The number of likely N-dealkylation sites (tertiary alicyclic amines) is 1. The maximum absolute atomic E-state index is 13.0. The number of nitrogens with zero attached hydrogens (tertiary/aromatic N) is 3. The van der Waals surface area contributed by atoms with E-state index in [2.05, 4.69) is 4.98 Å². The number of hydrogen-bond donors (Lipinski definition) is 0. The number of carbonyl (C=O) groups is 2. The quantitative estimate of drug-likeness (QED) is 0.796. The van der Waals surface area contributed by atoms with Crippen LogP contribution in [-0.4, -0.2) is 46.2 Å². The van der Waals surface area contributed by atoms with Crippen molar-refractivity contribution in [2.45, 2.75) is 45.1 Å². The molecule has 2 aliphatic rings. The van der Waals surface area contributed by atoms with Crippen molar-refractivity contribution in [3.8, 4) is 0 Å². The summed E-state index contributed by atoms with van der Waals surface area (Å²) in [6.07, 6.45) is 6.28. The molecule has 5 nitrogen and oxygen atoms in total. The van der Waals surface area contributed by atoms with E-state index in [1.165, 1.54) is 12.8 Å². The summed E-state index contributed by atoms with van der Waals surface area (Å²) in [6, 6.07) is 3.84. The standard InChI is InChI=1S/C17H23N3O2/c1-13(21)20-11-14-7-6-8-18-16(14)15(12-20)17(22)19-9-4-2-3-5-10-19/h6-8,15H,2-5,9-12H2,1H3. The molecule has 0 aromatic carbocycles. The summed E-state index contributed by atoms with van der Waals surface area (Å²) in [4.78, 5) is 32.9. The van der Waals surface area contributed by atoms with Crippen LogP contribution in [0.15, 0.2) is 18.3 Å². The summed E-state index contributed by atoms with van der Waals surface area (Å²) in [5, 5.41) is 0. The fraction of sp³-hybridized carbons (Fsp3) is 0.588. The third-order valence-corrected chi connectivity index (χ3v) is 4.68. The second kappa shape index (κ2) is 6.46. The van der Waals surface area contributed by atoms with E-state index in [4.69, 9.17) is 0 Å². The van der Waals surface area contributed by atoms with Crippen molar-refractivity contribution in [2.75, 3.05) is 19.6 Å². The molecule has 1 aromatic rings. The molecule has 0 spiro atoms. The smallest absolute Gasteiger partial charge is 0.233 e. The van der Waals surface area contributed by atoms with Gasteiger partial charge in [0.05, 0.1) is 11.6 Å². The van der Waals surface area contributed by atoms with Gasteiger partial charge in [-0.2, -0.15) is 0 Å². The minimum atomic E-state index is -0.313. The topological polar surface area (TPSA) is 53.5 Å². The fourth-order valence-corrected chi connectivity index (χ4v) is 3.42. The molecule has 3 heterocycles. The molecule has 0 saturated carbocycles. The van der Waals surface area contributed by atoms with E-state index in [0.717, 1.165) is 37.2 Å². The highest BCUT2D eigenvalue weighted by Gasteiger charge is 2.35. The van der Waals surface area contributed by atoms with Crippen molar-refractivity contribution >= 4 is 11.8 Å². The Bertz CT molecular complexity index is 565. The molecule has 1 atom stereocenters. The van der Waals surface area contributed by atoms with Crippen LogP contribution in [0.2, 0.25) is 0 Å². The zero-order valence-corrected chi connectivity index (χ0v) is 13.1. The van der Waals surface area contributed by atoms with Gasteiger partial charge in [0.2, 0.25) is 11.8 Å². The van der Waals surface area contributed by atoms with E-state index in [0.29, 0.717) is 13.1 Å². The average Bonchev–Trinajstić information content (AvgIpc) is 2.82. The monoisotopic (exact) mass is 301 g/mol. The summed E-state index contributed by atoms with van der Waals surface area (Å²) in [7, 11) is 0. The van der Waals surface area contributed by atoms with Gasteiger partial charge in [0.1, 0.15) is 0 Å². The first kappa shape index (κ1) is 15.0. The number of fused-ring (bicyclic) bond motifs is 1. The highest BCUT2D eigenvalue weighted by molar-refractivity contribution is 5.85. The number of aromatic nitrogens is 1.